The molecule has 2 aliphatic heterocycles. The summed E-state index contributed by atoms with van der Waals surface area (Å²) in [6.45, 7) is 3.02. The maximum absolute atomic E-state index is 14.1. The average molecular weight is 557 g/mol. The third-order valence-electron chi connectivity index (χ3n) is 6.48. The van der Waals surface area contributed by atoms with Crippen LogP contribution in [0, 0.1) is 5.82 Å². The number of sulfonamides is 1. The van der Waals surface area contributed by atoms with E-state index in [0.717, 1.165) is 18.2 Å². The molecular formula is C27H25FN2O8S. The Morgan fingerprint density at radius 3 is 2.82 bits per heavy atom. The first kappa shape index (κ1) is 26.4. The lowest BCUT2D eigenvalue weighted by atomic mass is 9.98. The fraction of sp³-hybridized carbons (Fsp3) is 0.259. The molecule has 2 N–H and O–H groups in total. The van der Waals surface area contributed by atoms with Crippen molar-refractivity contribution in [2.75, 3.05) is 24.4 Å². The Hall–Kier alpha value is -4.16. The molecule has 1 aromatic heterocycles. The Morgan fingerprint density at radius 1 is 1.23 bits per heavy atom. The Labute approximate surface area is 223 Å². The summed E-state index contributed by atoms with van der Waals surface area (Å²) in [5, 5.41) is 9.93. The molecule has 0 unspecified atom stereocenters. The number of halogens is 1. The normalized spacial score (nSPS) is 16.9. The highest BCUT2D eigenvalue weighted by Gasteiger charge is 2.30. The summed E-state index contributed by atoms with van der Waals surface area (Å²) in [6.07, 6.45) is 5.14. The summed E-state index contributed by atoms with van der Waals surface area (Å²) < 4.78 is 59.5. The van der Waals surface area contributed by atoms with E-state index in [1.807, 2.05) is 4.90 Å². The molecule has 204 valence electrons. The van der Waals surface area contributed by atoms with Gasteiger partial charge in [-0.1, -0.05) is 12.2 Å². The van der Waals surface area contributed by atoms with Gasteiger partial charge in [0, 0.05) is 37.7 Å². The maximum atomic E-state index is 14.1. The molecule has 1 saturated heterocycles. The Kier molecular flexibility index (Phi) is 7.15. The number of hydrogen-bond donors (Lipinski definition) is 2. The number of anilines is 1. The van der Waals surface area contributed by atoms with Crippen LogP contribution in [-0.4, -0.2) is 56.1 Å². The molecule has 0 bridgehead atoms. The molecule has 39 heavy (non-hydrogen) atoms. The van der Waals surface area contributed by atoms with Gasteiger partial charge in [0.15, 0.2) is 0 Å². The van der Waals surface area contributed by atoms with Crippen molar-refractivity contribution in [3.63, 3.8) is 0 Å². The summed E-state index contributed by atoms with van der Waals surface area (Å²) in [6, 6.07) is 7.81. The van der Waals surface area contributed by atoms with Crippen molar-refractivity contribution in [3.05, 3.63) is 71.4 Å². The van der Waals surface area contributed by atoms with Crippen LogP contribution >= 0.6 is 0 Å². The van der Waals surface area contributed by atoms with Crippen molar-refractivity contribution in [2.45, 2.75) is 31.0 Å². The van der Waals surface area contributed by atoms with E-state index in [-0.39, 0.29) is 46.1 Å². The van der Waals surface area contributed by atoms with Gasteiger partial charge in [-0.2, -0.15) is 0 Å². The molecule has 0 saturated carbocycles. The zero-order valence-electron chi connectivity index (χ0n) is 20.8. The van der Waals surface area contributed by atoms with Gasteiger partial charge in [-0.15, -0.1) is 0 Å². The van der Waals surface area contributed by atoms with Crippen molar-refractivity contribution < 1.29 is 41.4 Å². The van der Waals surface area contributed by atoms with Crippen LogP contribution in [0.1, 0.15) is 35.0 Å². The molecule has 0 radical (unpaired) electrons. The molecule has 5 rings (SSSR count). The summed E-state index contributed by atoms with van der Waals surface area (Å²) in [7, 11) is -4.34. The van der Waals surface area contributed by atoms with Gasteiger partial charge >= 0.3 is 11.9 Å². The SMILES string of the molecule is CC(=O)O[C@H]1CCN(C/C=C\c2cc(F)ccc2S(=O)(=O)Nc2ccc3c(c2C(=O)O)OCc2occc2-3)C1. The molecular weight excluding hydrogens is 531 g/mol. The first-order valence-corrected chi connectivity index (χ1v) is 13.6. The van der Waals surface area contributed by atoms with Crippen molar-refractivity contribution in [1.29, 1.82) is 0 Å². The second kappa shape index (κ2) is 10.5. The smallest absolute Gasteiger partial charge is 0.341 e. The van der Waals surface area contributed by atoms with Crippen LogP contribution in [-0.2, 0) is 26.2 Å². The number of rotatable bonds is 8. The van der Waals surface area contributed by atoms with Crippen LogP contribution < -0.4 is 9.46 Å². The number of benzene rings is 2. The van der Waals surface area contributed by atoms with E-state index in [0.29, 0.717) is 42.9 Å². The third kappa shape index (κ3) is 5.52. The predicted octanol–water partition coefficient (Wildman–Crippen LogP) is 4.13. The first-order chi connectivity index (χ1) is 18.6. The number of carbonyl (C=O) groups is 2. The molecule has 3 aromatic rings. The molecule has 3 heterocycles. The van der Waals surface area contributed by atoms with Crippen molar-refractivity contribution in [3.8, 4) is 16.9 Å². The number of carbonyl (C=O) groups excluding carboxylic acids is 1. The highest BCUT2D eigenvalue weighted by molar-refractivity contribution is 7.92. The molecule has 1 atom stereocenters. The van der Waals surface area contributed by atoms with E-state index in [9.17, 15) is 27.5 Å². The minimum atomic E-state index is -4.34. The van der Waals surface area contributed by atoms with Crippen LogP contribution in [0.15, 0.2) is 58.1 Å². The highest BCUT2D eigenvalue weighted by atomic mass is 32.2. The Morgan fingerprint density at radius 2 is 2.05 bits per heavy atom. The molecule has 10 nitrogen and oxygen atoms in total. The Balaban J connectivity index is 1.40. The van der Waals surface area contributed by atoms with E-state index < -0.39 is 21.8 Å². The zero-order chi connectivity index (χ0) is 27.7. The first-order valence-electron chi connectivity index (χ1n) is 12.1. The van der Waals surface area contributed by atoms with Gasteiger partial charge < -0.3 is 19.0 Å². The van der Waals surface area contributed by atoms with Gasteiger partial charge in [0.1, 0.15) is 35.6 Å². The maximum Gasteiger partial charge on any atom is 0.341 e. The van der Waals surface area contributed by atoms with E-state index in [4.69, 9.17) is 13.9 Å². The number of nitrogens with zero attached hydrogens (tertiary/aromatic N) is 1. The van der Waals surface area contributed by atoms with E-state index in [2.05, 4.69) is 4.72 Å². The van der Waals surface area contributed by atoms with Crippen LogP contribution in [0.3, 0.4) is 0 Å². The lowest BCUT2D eigenvalue weighted by Crippen LogP contribution is -2.24. The number of carboxylic acid groups (broad SMARTS) is 1. The summed E-state index contributed by atoms with van der Waals surface area (Å²) in [5.41, 5.74) is 0.678. The van der Waals surface area contributed by atoms with E-state index in [1.165, 1.54) is 25.3 Å². The monoisotopic (exact) mass is 556 g/mol. The number of ether oxygens (including phenoxy) is 2. The van der Waals surface area contributed by atoms with Gasteiger partial charge in [-0.25, -0.2) is 17.6 Å². The summed E-state index contributed by atoms with van der Waals surface area (Å²) >= 11 is 0. The zero-order valence-corrected chi connectivity index (χ0v) is 21.7. The number of fused-ring (bicyclic) bond motifs is 3. The number of nitrogens with one attached hydrogen (secondary N) is 1. The lowest BCUT2D eigenvalue weighted by Gasteiger charge is -2.21. The van der Waals surface area contributed by atoms with Gasteiger partial charge in [-0.3, -0.25) is 14.4 Å². The fourth-order valence-electron chi connectivity index (χ4n) is 4.79. The number of hydrogen-bond acceptors (Lipinski definition) is 8. The van der Waals surface area contributed by atoms with Crippen molar-refractivity contribution in [1.82, 2.24) is 4.90 Å². The van der Waals surface area contributed by atoms with Crippen LogP contribution in [0.2, 0.25) is 0 Å². The fourth-order valence-corrected chi connectivity index (χ4v) is 6.04. The number of esters is 1. The second-order valence-electron chi connectivity index (χ2n) is 9.19. The minimum absolute atomic E-state index is 0.00262. The lowest BCUT2D eigenvalue weighted by molar-refractivity contribution is -0.145. The molecule has 0 spiro atoms. The molecule has 12 heteroatoms. The molecule has 0 aliphatic carbocycles. The highest BCUT2D eigenvalue weighted by Crippen LogP contribution is 2.43. The van der Waals surface area contributed by atoms with Gasteiger partial charge in [0.2, 0.25) is 0 Å². The summed E-state index contributed by atoms with van der Waals surface area (Å²) in [5.74, 6) is -1.80. The van der Waals surface area contributed by atoms with Crippen LogP contribution in [0.4, 0.5) is 10.1 Å². The van der Waals surface area contributed by atoms with E-state index >= 15 is 0 Å². The van der Waals surface area contributed by atoms with Gasteiger partial charge in [0.05, 0.1) is 16.8 Å². The topological polar surface area (TPSA) is 135 Å². The van der Waals surface area contributed by atoms with Crippen molar-refractivity contribution >= 4 is 33.7 Å². The minimum Gasteiger partial charge on any atom is -0.484 e. The standard InChI is InChI=1S/C27H25FN2O8S/c1-16(31)38-19-8-11-30(14-19)10-2-3-17-13-18(28)4-7-24(17)39(34,35)29-22-6-5-21-20-9-12-36-23(20)15-37-26(21)25(22)27(32)33/h2-7,9,12-13,19,29H,8,10-11,14-15H2,1H3,(H,32,33)/b3-2-/t19-/m0/s1. The quantitative estimate of drug-likeness (QED) is 0.393. The predicted molar refractivity (Wildman–Crippen MR) is 138 cm³/mol. The van der Waals surface area contributed by atoms with E-state index in [1.54, 1.807) is 18.2 Å². The number of furan rings is 1. The van der Waals surface area contributed by atoms with Gasteiger partial charge in [-0.05, 0) is 48.4 Å². The molecule has 1 fully saturated rings. The van der Waals surface area contributed by atoms with Crippen LogP contribution in [0.25, 0.3) is 17.2 Å². The van der Waals surface area contributed by atoms with Crippen molar-refractivity contribution in [2.24, 2.45) is 0 Å². The number of carboxylic acids is 1. The summed E-state index contributed by atoms with van der Waals surface area (Å²) in [4.78, 5) is 25.2. The molecule has 2 aromatic carbocycles. The molecule has 2 aliphatic rings. The average Bonchev–Trinajstić information content (AvgIpc) is 3.52. The third-order valence-corrected chi connectivity index (χ3v) is 7.92. The number of likely N-dealkylation sites (tertiary alicyclic amines) is 1. The van der Waals surface area contributed by atoms with Gasteiger partial charge in [0.25, 0.3) is 10.0 Å². The Bertz CT molecular complexity index is 1580. The van der Waals surface area contributed by atoms with Crippen LogP contribution in [0.5, 0.6) is 5.75 Å². The second-order valence-corrected chi connectivity index (χ2v) is 10.8. The molecule has 0 amide bonds. The largest absolute Gasteiger partial charge is 0.484 e. The number of aromatic carboxylic acids is 1.